The topological polar surface area (TPSA) is 121 Å². The van der Waals surface area contributed by atoms with Gasteiger partial charge in [0.1, 0.15) is 5.54 Å². The average molecular weight is 239 g/mol. The van der Waals surface area contributed by atoms with Crippen LogP contribution in [0.1, 0.15) is 32.6 Å². The van der Waals surface area contributed by atoms with Gasteiger partial charge in [-0.15, -0.1) is 0 Å². The molecule has 1 unspecified atom stereocenters. The van der Waals surface area contributed by atoms with Crippen molar-refractivity contribution in [1.82, 2.24) is 0 Å². The van der Waals surface area contributed by atoms with Gasteiger partial charge in [-0.25, -0.2) is 0 Å². The molecule has 0 aliphatic rings. The van der Waals surface area contributed by atoms with Gasteiger partial charge in [-0.1, -0.05) is 19.8 Å². The van der Waals surface area contributed by atoms with E-state index < -0.39 is 25.3 Å². The fourth-order valence-electron chi connectivity index (χ4n) is 1.18. The van der Waals surface area contributed by atoms with E-state index in [-0.39, 0.29) is 12.8 Å². The Hall–Kier alpha value is -0.420. The second-order valence-corrected chi connectivity index (χ2v) is 5.48. The summed E-state index contributed by atoms with van der Waals surface area (Å²) in [6.45, 7) is 1.89. The average Bonchev–Trinajstić information content (AvgIpc) is 2.10. The molecule has 6 nitrogen and oxygen atoms in total. The molecule has 0 saturated heterocycles. The molecule has 0 spiro atoms. The van der Waals surface area contributed by atoms with Crippen LogP contribution in [0.3, 0.4) is 0 Å². The first-order valence-electron chi connectivity index (χ1n) is 4.78. The molecule has 1 atom stereocenters. The lowest BCUT2D eigenvalue weighted by Crippen LogP contribution is -2.48. The number of nitrogens with two attached hydrogens (primary N) is 1. The molecule has 7 heteroatoms. The van der Waals surface area contributed by atoms with Gasteiger partial charge in [0.2, 0.25) is 0 Å². The van der Waals surface area contributed by atoms with Crippen molar-refractivity contribution in [3.8, 4) is 0 Å². The number of hydrogen-bond donors (Lipinski definition) is 4. The molecule has 0 radical (unpaired) electrons. The molecule has 0 rings (SSSR count). The van der Waals surface area contributed by atoms with Gasteiger partial charge in [0.15, 0.2) is 0 Å². The van der Waals surface area contributed by atoms with Crippen LogP contribution in [0.15, 0.2) is 0 Å². The summed E-state index contributed by atoms with van der Waals surface area (Å²) >= 11 is 0. The summed E-state index contributed by atoms with van der Waals surface area (Å²) in [4.78, 5) is 28.2. The predicted octanol–water partition coefficient (Wildman–Crippen LogP) is 0.526. The van der Waals surface area contributed by atoms with E-state index in [1.54, 1.807) is 0 Å². The van der Waals surface area contributed by atoms with Gasteiger partial charge in [-0.2, -0.15) is 0 Å². The molecule has 0 saturated carbocycles. The van der Waals surface area contributed by atoms with Crippen molar-refractivity contribution in [1.29, 1.82) is 0 Å². The number of carboxylic acids is 1. The highest BCUT2D eigenvalue weighted by atomic mass is 31.2. The van der Waals surface area contributed by atoms with Crippen molar-refractivity contribution < 1.29 is 24.3 Å². The van der Waals surface area contributed by atoms with Gasteiger partial charge in [-0.3, -0.25) is 9.36 Å². The summed E-state index contributed by atoms with van der Waals surface area (Å²) in [7, 11) is -4.18. The maximum absolute atomic E-state index is 10.9. The normalized spacial score (nSPS) is 16.0. The molecular weight excluding hydrogens is 221 g/mol. The summed E-state index contributed by atoms with van der Waals surface area (Å²) in [6, 6.07) is 0. The Morgan fingerprint density at radius 1 is 1.40 bits per heavy atom. The van der Waals surface area contributed by atoms with Gasteiger partial charge in [-0.05, 0) is 12.8 Å². The molecule has 0 amide bonds. The van der Waals surface area contributed by atoms with E-state index in [0.717, 1.165) is 6.42 Å². The zero-order valence-electron chi connectivity index (χ0n) is 8.72. The van der Waals surface area contributed by atoms with Crippen molar-refractivity contribution >= 4 is 13.6 Å². The quantitative estimate of drug-likeness (QED) is 0.481. The van der Waals surface area contributed by atoms with Crippen LogP contribution in [0, 0.1) is 0 Å². The maximum Gasteiger partial charge on any atom is 0.325 e. The van der Waals surface area contributed by atoms with E-state index in [2.05, 4.69) is 0 Å². The third-order valence-corrected chi connectivity index (χ3v) is 3.06. The summed E-state index contributed by atoms with van der Waals surface area (Å²) in [5, 5.41) is 8.88. The van der Waals surface area contributed by atoms with Crippen molar-refractivity contribution in [2.24, 2.45) is 5.73 Å². The second kappa shape index (κ2) is 5.61. The van der Waals surface area contributed by atoms with E-state index in [0.29, 0.717) is 6.42 Å². The van der Waals surface area contributed by atoms with Crippen LogP contribution in [0.5, 0.6) is 0 Å². The van der Waals surface area contributed by atoms with E-state index in [4.69, 9.17) is 20.6 Å². The lowest BCUT2D eigenvalue weighted by Gasteiger charge is -2.24. The highest BCUT2D eigenvalue weighted by molar-refractivity contribution is 7.51. The number of unbranched alkanes of at least 4 members (excludes halogenated alkanes) is 1. The number of aliphatic carboxylic acids is 1. The fraction of sp³-hybridized carbons (Fsp3) is 0.875. The molecule has 0 aliphatic heterocycles. The smallest absolute Gasteiger partial charge is 0.325 e. The van der Waals surface area contributed by atoms with Crippen molar-refractivity contribution in [2.45, 2.75) is 38.1 Å². The minimum atomic E-state index is -4.18. The Morgan fingerprint density at radius 2 is 1.93 bits per heavy atom. The fourth-order valence-corrected chi connectivity index (χ4v) is 1.87. The molecule has 15 heavy (non-hydrogen) atoms. The highest BCUT2D eigenvalue weighted by Gasteiger charge is 2.35. The van der Waals surface area contributed by atoms with Crippen LogP contribution in [-0.4, -0.2) is 32.6 Å². The van der Waals surface area contributed by atoms with Crippen molar-refractivity contribution in [2.75, 3.05) is 6.16 Å². The summed E-state index contributed by atoms with van der Waals surface area (Å²) < 4.78 is 10.6. The number of rotatable bonds is 7. The molecule has 0 bridgehead atoms. The Bertz CT molecular complexity index is 264. The summed E-state index contributed by atoms with van der Waals surface area (Å²) in [6.07, 6.45) is 0.969. The summed E-state index contributed by atoms with van der Waals surface area (Å²) in [5.41, 5.74) is 4.07. The second-order valence-electron chi connectivity index (χ2n) is 3.70. The minimum Gasteiger partial charge on any atom is -0.480 e. The zero-order chi connectivity index (χ0) is 12.1. The SMILES string of the molecule is CCCCC(N)(CCP(=O)(O)O)C(=O)O. The van der Waals surface area contributed by atoms with Gasteiger partial charge < -0.3 is 20.6 Å². The van der Waals surface area contributed by atoms with Crippen LogP contribution in [0.2, 0.25) is 0 Å². The third kappa shape index (κ3) is 5.89. The van der Waals surface area contributed by atoms with Crippen molar-refractivity contribution in [3.63, 3.8) is 0 Å². The molecule has 0 heterocycles. The summed E-state index contributed by atoms with van der Waals surface area (Å²) in [5.74, 6) is -1.20. The molecule has 0 aromatic rings. The molecule has 90 valence electrons. The first-order chi connectivity index (χ1) is 6.71. The largest absolute Gasteiger partial charge is 0.480 e. The van der Waals surface area contributed by atoms with Gasteiger partial charge in [0.25, 0.3) is 0 Å². The first-order valence-corrected chi connectivity index (χ1v) is 6.58. The van der Waals surface area contributed by atoms with E-state index in [1.807, 2.05) is 6.92 Å². The first kappa shape index (κ1) is 14.6. The van der Waals surface area contributed by atoms with Crippen LogP contribution in [0.4, 0.5) is 0 Å². The van der Waals surface area contributed by atoms with Crippen LogP contribution >= 0.6 is 7.60 Å². The highest BCUT2D eigenvalue weighted by Crippen LogP contribution is 2.37. The van der Waals surface area contributed by atoms with E-state index in [9.17, 15) is 9.36 Å². The maximum atomic E-state index is 10.9. The third-order valence-electron chi connectivity index (χ3n) is 2.25. The number of carbonyl (C=O) groups is 1. The standard InChI is InChI=1S/C8H18NO5P/c1-2-3-4-8(9,7(10)11)5-6-15(12,13)14/h2-6,9H2,1H3,(H,10,11)(H2,12,13,14). The predicted molar refractivity (Wildman–Crippen MR) is 55.6 cm³/mol. The van der Waals surface area contributed by atoms with E-state index in [1.165, 1.54) is 0 Å². The number of hydrogen-bond acceptors (Lipinski definition) is 3. The Kier molecular flexibility index (Phi) is 5.45. The molecule has 0 aromatic carbocycles. The van der Waals surface area contributed by atoms with Gasteiger partial charge >= 0.3 is 13.6 Å². The lowest BCUT2D eigenvalue weighted by atomic mass is 9.91. The molecule has 0 aromatic heterocycles. The van der Waals surface area contributed by atoms with Crippen LogP contribution < -0.4 is 5.73 Å². The van der Waals surface area contributed by atoms with Gasteiger partial charge in [0.05, 0.1) is 6.16 Å². The Morgan fingerprint density at radius 3 is 2.27 bits per heavy atom. The van der Waals surface area contributed by atoms with Crippen molar-refractivity contribution in [3.05, 3.63) is 0 Å². The molecule has 0 aliphatic carbocycles. The Labute approximate surface area is 88.6 Å². The van der Waals surface area contributed by atoms with Gasteiger partial charge in [0, 0.05) is 0 Å². The Balaban J connectivity index is 4.39. The zero-order valence-corrected chi connectivity index (χ0v) is 9.61. The lowest BCUT2D eigenvalue weighted by molar-refractivity contribution is -0.143. The minimum absolute atomic E-state index is 0.202. The van der Waals surface area contributed by atoms with Crippen LogP contribution in [0.25, 0.3) is 0 Å². The molecule has 5 N–H and O–H groups in total. The van der Waals surface area contributed by atoms with E-state index >= 15 is 0 Å². The van der Waals surface area contributed by atoms with Crippen LogP contribution in [-0.2, 0) is 9.36 Å². The molecule has 0 fully saturated rings. The molecular formula is C8H18NO5P. The number of carboxylic acid groups (broad SMARTS) is 1. The monoisotopic (exact) mass is 239 g/mol.